The molecule has 1 unspecified atom stereocenters. The molecule has 0 aromatic heterocycles. The second-order valence-corrected chi connectivity index (χ2v) is 6.11. The van der Waals surface area contributed by atoms with Crippen LogP contribution in [0.5, 0.6) is 11.5 Å². The number of halogens is 1. The van der Waals surface area contributed by atoms with E-state index in [1.807, 2.05) is 18.2 Å². The van der Waals surface area contributed by atoms with Crippen LogP contribution in [-0.2, 0) is 0 Å². The molecular formula is C17H27IN4O2. The van der Waals surface area contributed by atoms with Gasteiger partial charge in [-0.05, 0) is 37.6 Å². The predicted octanol–water partition coefficient (Wildman–Crippen LogP) is 2.53. The smallest absolute Gasteiger partial charge is 0.193 e. The minimum atomic E-state index is 0. The van der Waals surface area contributed by atoms with Crippen molar-refractivity contribution >= 4 is 35.6 Å². The molecule has 0 aliphatic carbocycles. The molecular weight excluding hydrogens is 419 g/mol. The van der Waals surface area contributed by atoms with Gasteiger partial charge in [0.1, 0.15) is 0 Å². The average Bonchev–Trinajstić information content (AvgIpc) is 2.90. The van der Waals surface area contributed by atoms with Gasteiger partial charge in [-0.3, -0.25) is 4.99 Å². The highest BCUT2D eigenvalue weighted by molar-refractivity contribution is 14.0. The number of anilines is 1. The third-order valence-corrected chi connectivity index (χ3v) is 4.36. The first kappa shape index (κ1) is 19.1. The maximum absolute atomic E-state index is 6.01. The number of fused-ring (bicyclic) bond motifs is 1. The summed E-state index contributed by atoms with van der Waals surface area (Å²) in [7, 11) is 0. The highest BCUT2D eigenvalue weighted by Crippen LogP contribution is 2.32. The molecule has 7 heteroatoms. The van der Waals surface area contributed by atoms with E-state index >= 15 is 0 Å². The lowest BCUT2D eigenvalue weighted by Crippen LogP contribution is -2.25. The van der Waals surface area contributed by atoms with Crippen molar-refractivity contribution in [3.05, 3.63) is 18.2 Å². The molecule has 3 rings (SSSR count). The summed E-state index contributed by atoms with van der Waals surface area (Å²) in [5.74, 6) is 2.61. The van der Waals surface area contributed by atoms with E-state index in [9.17, 15) is 0 Å². The summed E-state index contributed by atoms with van der Waals surface area (Å²) in [5, 5.41) is 3.14. The van der Waals surface area contributed by atoms with E-state index in [0.29, 0.717) is 25.1 Å². The number of benzene rings is 1. The molecule has 0 saturated carbocycles. The fourth-order valence-corrected chi connectivity index (χ4v) is 3.01. The number of nitrogens with one attached hydrogen (secondary N) is 1. The van der Waals surface area contributed by atoms with Crippen LogP contribution in [0.3, 0.4) is 0 Å². The van der Waals surface area contributed by atoms with Crippen molar-refractivity contribution in [2.24, 2.45) is 16.6 Å². The van der Waals surface area contributed by atoms with Gasteiger partial charge >= 0.3 is 0 Å². The van der Waals surface area contributed by atoms with E-state index in [0.717, 1.165) is 43.2 Å². The normalized spacial score (nSPS) is 21.0. The maximum atomic E-state index is 6.01. The number of ether oxygens (including phenoxy) is 2. The molecule has 0 bridgehead atoms. The van der Waals surface area contributed by atoms with Crippen molar-refractivity contribution < 1.29 is 9.47 Å². The highest BCUT2D eigenvalue weighted by atomic mass is 127. The summed E-state index contributed by atoms with van der Waals surface area (Å²) in [4.78, 5) is 6.94. The SMILES string of the molecule is CCN1CCC(CN=C(N)Nc2ccc3c(c2)OCCCO3)C1.I. The van der Waals surface area contributed by atoms with Crippen LogP contribution < -0.4 is 20.5 Å². The van der Waals surface area contributed by atoms with Crippen molar-refractivity contribution in [1.82, 2.24) is 4.90 Å². The van der Waals surface area contributed by atoms with Crippen molar-refractivity contribution in [3.8, 4) is 11.5 Å². The van der Waals surface area contributed by atoms with Crippen LogP contribution in [0.25, 0.3) is 0 Å². The maximum Gasteiger partial charge on any atom is 0.193 e. The number of hydrogen-bond acceptors (Lipinski definition) is 4. The Labute approximate surface area is 160 Å². The number of hydrogen-bond donors (Lipinski definition) is 2. The van der Waals surface area contributed by atoms with Crippen molar-refractivity contribution in [1.29, 1.82) is 0 Å². The lowest BCUT2D eigenvalue weighted by Gasteiger charge is -2.13. The number of guanidine groups is 1. The third-order valence-electron chi connectivity index (χ3n) is 4.36. The summed E-state index contributed by atoms with van der Waals surface area (Å²) in [6, 6.07) is 5.76. The first-order valence-corrected chi connectivity index (χ1v) is 8.43. The van der Waals surface area contributed by atoms with Crippen LogP contribution in [0, 0.1) is 5.92 Å². The summed E-state index contributed by atoms with van der Waals surface area (Å²) in [6.07, 6.45) is 2.10. The Hall–Kier alpha value is -1.22. The summed E-state index contributed by atoms with van der Waals surface area (Å²) in [5.41, 5.74) is 6.88. The van der Waals surface area contributed by atoms with Gasteiger partial charge in [-0.15, -0.1) is 24.0 Å². The molecule has 3 N–H and O–H groups in total. The van der Waals surface area contributed by atoms with Gasteiger partial charge < -0.3 is 25.4 Å². The molecule has 0 radical (unpaired) electrons. The fraction of sp³-hybridized carbons (Fsp3) is 0.588. The Morgan fingerprint density at radius 2 is 2.12 bits per heavy atom. The highest BCUT2D eigenvalue weighted by Gasteiger charge is 2.20. The molecule has 2 aliphatic rings. The average molecular weight is 446 g/mol. The van der Waals surface area contributed by atoms with Gasteiger partial charge in [-0.25, -0.2) is 0 Å². The zero-order valence-electron chi connectivity index (χ0n) is 14.2. The largest absolute Gasteiger partial charge is 0.490 e. The van der Waals surface area contributed by atoms with Crippen molar-refractivity contribution in [2.45, 2.75) is 19.8 Å². The molecule has 0 amide bonds. The van der Waals surface area contributed by atoms with Crippen LogP contribution in [0.4, 0.5) is 5.69 Å². The lowest BCUT2D eigenvalue weighted by molar-refractivity contribution is 0.297. The zero-order valence-corrected chi connectivity index (χ0v) is 16.5. The van der Waals surface area contributed by atoms with Crippen LogP contribution in [0.15, 0.2) is 23.2 Å². The minimum absolute atomic E-state index is 0. The molecule has 2 heterocycles. The number of rotatable bonds is 4. The Morgan fingerprint density at radius 3 is 2.88 bits per heavy atom. The second kappa shape index (κ2) is 9.31. The number of nitrogens with two attached hydrogens (primary N) is 1. The van der Waals surface area contributed by atoms with Gasteiger partial charge in [0.05, 0.1) is 13.2 Å². The van der Waals surface area contributed by atoms with Crippen LogP contribution >= 0.6 is 24.0 Å². The van der Waals surface area contributed by atoms with E-state index in [1.165, 1.54) is 13.0 Å². The molecule has 1 fully saturated rings. The first-order chi connectivity index (χ1) is 11.2. The van der Waals surface area contributed by atoms with E-state index in [-0.39, 0.29) is 24.0 Å². The summed E-state index contributed by atoms with van der Waals surface area (Å²) >= 11 is 0. The molecule has 1 saturated heterocycles. The van der Waals surface area contributed by atoms with E-state index < -0.39 is 0 Å². The Morgan fingerprint density at radius 1 is 1.33 bits per heavy atom. The number of likely N-dealkylation sites (tertiary alicyclic amines) is 1. The van der Waals surface area contributed by atoms with Crippen LogP contribution in [-0.4, -0.2) is 50.3 Å². The van der Waals surface area contributed by atoms with Gasteiger partial charge in [0.2, 0.25) is 0 Å². The third kappa shape index (κ3) is 5.14. The Balaban J connectivity index is 0.00000208. The van der Waals surface area contributed by atoms with E-state index in [4.69, 9.17) is 15.2 Å². The molecule has 1 aromatic carbocycles. The second-order valence-electron chi connectivity index (χ2n) is 6.11. The topological polar surface area (TPSA) is 72.1 Å². The quantitative estimate of drug-likeness (QED) is 0.423. The van der Waals surface area contributed by atoms with E-state index in [2.05, 4.69) is 22.1 Å². The fourth-order valence-electron chi connectivity index (χ4n) is 3.01. The molecule has 1 aromatic rings. The van der Waals surface area contributed by atoms with Gasteiger partial charge in [0.15, 0.2) is 17.5 Å². The van der Waals surface area contributed by atoms with E-state index in [1.54, 1.807) is 0 Å². The van der Waals surface area contributed by atoms with Gasteiger partial charge in [-0.1, -0.05) is 6.92 Å². The molecule has 0 spiro atoms. The standard InChI is InChI=1S/C17H26N4O2.HI/c1-2-21-7-6-13(12-21)11-19-17(18)20-14-4-5-15-16(10-14)23-9-3-8-22-15;/h4-5,10,13H,2-3,6-9,11-12H2,1H3,(H3,18,19,20);1H. The monoisotopic (exact) mass is 446 g/mol. The minimum Gasteiger partial charge on any atom is -0.490 e. The van der Waals surface area contributed by atoms with Gasteiger partial charge in [-0.2, -0.15) is 0 Å². The predicted molar refractivity (Wildman–Crippen MR) is 108 cm³/mol. The Kier molecular flexibility index (Phi) is 7.41. The number of aliphatic imine (C=N–C) groups is 1. The molecule has 2 aliphatic heterocycles. The van der Waals surface area contributed by atoms with Crippen molar-refractivity contribution in [3.63, 3.8) is 0 Å². The Bertz CT molecular complexity index is 568. The van der Waals surface area contributed by atoms with Gasteiger partial charge in [0.25, 0.3) is 0 Å². The molecule has 24 heavy (non-hydrogen) atoms. The van der Waals surface area contributed by atoms with Crippen LogP contribution in [0.1, 0.15) is 19.8 Å². The van der Waals surface area contributed by atoms with Crippen LogP contribution in [0.2, 0.25) is 0 Å². The number of nitrogens with zero attached hydrogens (tertiary/aromatic N) is 2. The first-order valence-electron chi connectivity index (χ1n) is 8.43. The van der Waals surface area contributed by atoms with Crippen molar-refractivity contribution in [2.75, 3.05) is 44.7 Å². The molecule has 134 valence electrons. The lowest BCUT2D eigenvalue weighted by atomic mass is 10.1. The molecule has 1 atom stereocenters. The summed E-state index contributed by atoms with van der Waals surface area (Å²) in [6.45, 7) is 7.76. The summed E-state index contributed by atoms with van der Waals surface area (Å²) < 4.78 is 11.3. The molecule has 6 nitrogen and oxygen atoms in total. The zero-order chi connectivity index (χ0) is 16.1. The van der Waals surface area contributed by atoms with Gasteiger partial charge in [0, 0.05) is 31.3 Å².